The van der Waals surface area contributed by atoms with Crippen LogP contribution in [0.2, 0.25) is 0 Å². The van der Waals surface area contributed by atoms with E-state index in [-0.39, 0.29) is 18.0 Å². The Balaban J connectivity index is 1.68. The fraction of sp³-hybridized carbons (Fsp3) is 0.842. The molecule has 1 spiro atoms. The molecule has 23 heavy (non-hydrogen) atoms. The van der Waals surface area contributed by atoms with E-state index in [0.717, 1.165) is 25.9 Å². The molecular weight excluding hydrogens is 292 g/mol. The number of hydrogen-bond donors (Lipinski definition) is 0. The van der Waals surface area contributed by atoms with Crippen LogP contribution in [0.1, 0.15) is 59.3 Å². The van der Waals surface area contributed by atoms with Crippen LogP contribution in [0.5, 0.6) is 0 Å². The summed E-state index contributed by atoms with van der Waals surface area (Å²) in [7, 11) is 0. The van der Waals surface area contributed by atoms with Crippen LogP contribution in [0.3, 0.4) is 0 Å². The minimum Gasteiger partial charge on any atom is -0.497 e. The van der Waals surface area contributed by atoms with E-state index in [1.54, 1.807) is 0 Å². The molecule has 0 radical (unpaired) electrons. The quantitative estimate of drug-likeness (QED) is 0.792. The van der Waals surface area contributed by atoms with Crippen LogP contribution in [0.15, 0.2) is 12.3 Å². The Kier molecular flexibility index (Phi) is 5.12. The number of ether oxygens (including phenoxy) is 3. The predicted molar refractivity (Wildman–Crippen MR) is 87.8 cm³/mol. The maximum atomic E-state index is 11.6. The van der Waals surface area contributed by atoms with E-state index in [0.29, 0.717) is 24.2 Å². The van der Waals surface area contributed by atoms with E-state index < -0.39 is 5.79 Å². The van der Waals surface area contributed by atoms with Gasteiger partial charge >= 0.3 is 0 Å². The first-order valence-corrected chi connectivity index (χ1v) is 9.15. The third kappa shape index (κ3) is 3.80. The summed E-state index contributed by atoms with van der Waals surface area (Å²) in [5.41, 5.74) is 0. The van der Waals surface area contributed by atoms with E-state index in [1.807, 2.05) is 0 Å². The van der Waals surface area contributed by atoms with Crippen molar-refractivity contribution in [3.63, 3.8) is 0 Å². The van der Waals surface area contributed by atoms with E-state index in [1.165, 1.54) is 25.2 Å². The van der Waals surface area contributed by atoms with Crippen LogP contribution >= 0.6 is 0 Å². The molecule has 0 N–H and O–H groups in total. The molecule has 0 aromatic carbocycles. The molecule has 2 heterocycles. The van der Waals surface area contributed by atoms with Gasteiger partial charge in [-0.25, -0.2) is 0 Å². The summed E-state index contributed by atoms with van der Waals surface area (Å²) >= 11 is 0. The molecule has 0 aromatic rings. The van der Waals surface area contributed by atoms with Crippen molar-refractivity contribution in [3.05, 3.63) is 12.3 Å². The maximum absolute atomic E-state index is 11.6. The van der Waals surface area contributed by atoms with Crippen LogP contribution in [0, 0.1) is 17.8 Å². The van der Waals surface area contributed by atoms with Crippen LogP contribution in [0.25, 0.3) is 0 Å². The highest BCUT2D eigenvalue weighted by Gasteiger charge is 2.49. The second-order valence-electron chi connectivity index (χ2n) is 7.89. The number of hydrogen-bond acceptors (Lipinski definition) is 4. The Labute approximate surface area is 139 Å². The number of rotatable bonds is 3. The minimum absolute atomic E-state index is 0.0498. The molecule has 0 aromatic heterocycles. The average molecular weight is 322 g/mol. The molecule has 1 aliphatic carbocycles. The van der Waals surface area contributed by atoms with Crippen molar-refractivity contribution in [2.24, 2.45) is 17.8 Å². The van der Waals surface area contributed by atoms with Gasteiger partial charge in [0.05, 0.1) is 19.0 Å². The molecule has 2 fully saturated rings. The second kappa shape index (κ2) is 6.94. The Morgan fingerprint density at radius 3 is 2.83 bits per heavy atom. The van der Waals surface area contributed by atoms with Gasteiger partial charge in [-0.05, 0) is 24.7 Å². The molecule has 4 nitrogen and oxygen atoms in total. The third-order valence-electron chi connectivity index (χ3n) is 5.61. The van der Waals surface area contributed by atoms with Crippen LogP contribution in [-0.2, 0) is 19.0 Å². The van der Waals surface area contributed by atoms with E-state index in [9.17, 15) is 4.79 Å². The van der Waals surface area contributed by atoms with Crippen LogP contribution in [-0.4, -0.2) is 30.4 Å². The second-order valence-corrected chi connectivity index (χ2v) is 7.89. The SMILES string of the molecule is CC(C)[C@@H]1CC[C@@H](C)CC12OCC[C@@H](C[C@H]1CC(=O)C=CO1)O2. The van der Waals surface area contributed by atoms with Crippen molar-refractivity contribution >= 4 is 5.78 Å². The summed E-state index contributed by atoms with van der Waals surface area (Å²) in [5, 5.41) is 0. The smallest absolute Gasteiger partial charge is 0.171 e. The molecule has 130 valence electrons. The number of carbonyl (C=O) groups excluding carboxylic acids is 1. The molecule has 1 unspecified atom stereocenters. The molecule has 5 atom stereocenters. The Bertz CT molecular complexity index is 458. The highest BCUT2D eigenvalue weighted by atomic mass is 16.7. The highest BCUT2D eigenvalue weighted by molar-refractivity contribution is 5.90. The molecule has 2 aliphatic heterocycles. The maximum Gasteiger partial charge on any atom is 0.171 e. The van der Waals surface area contributed by atoms with Gasteiger partial charge in [0.2, 0.25) is 0 Å². The van der Waals surface area contributed by atoms with Crippen molar-refractivity contribution in [1.82, 2.24) is 0 Å². The van der Waals surface area contributed by atoms with Gasteiger partial charge in [0.15, 0.2) is 11.6 Å². The van der Waals surface area contributed by atoms with E-state index in [4.69, 9.17) is 14.2 Å². The van der Waals surface area contributed by atoms with Gasteiger partial charge in [-0.3, -0.25) is 4.79 Å². The molecule has 4 heteroatoms. The standard InChI is InChI=1S/C19H30O4/c1-13(2)18-5-4-14(3)12-19(18)22-9-7-16(23-19)11-17-10-15(20)6-8-21-17/h6,8,13-14,16-18H,4-5,7,9-12H2,1-3H3/t14-,16+,17-,18+,19?/m1/s1. The lowest BCUT2D eigenvalue weighted by Gasteiger charge is -2.51. The molecule has 3 rings (SSSR count). The Morgan fingerprint density at radius 2 is 2.09 bits per heavy atom. The largest absolute Gasteiger partial charge is 0.497 e. The molecule has 1 saturated heterocycles. The van der Waals surface area contributed by atoms with Crippen LogP contribution < -0.4 is 0 Å². The van der Waals surface area contributed by atoms with Gasteiger partial charge in [-0.15, -0.1) is 0 Å². The first kappa shape index (κ1) is 17.0. The van der Waals surface area contributed by atoms with E-state index >= 15 is 0 Å². The van der Waals surface area contributed by atoms with Gasteiger partial charge in [0.1, 0.15) is 6.10 Å². The fourth-order valence-corrected chi connectivity index (χ4v) is 4.47. The zero-order chi connectivity index (χ0) is 16.4. The summed E-state index contributed by atoms with van der Waals surface area (Å²) in [6, 6.07) is 0. The Morgan fingerprint density at radius 1 is 1.26 bits per heavy atom. The zero-order valence-electron chi connectivity index (χ0n) is 14.6. The van der Waals surface area contributed by atoms with Crippen molar-refractivity contribution in [2.45, 2.75) is 77.3 Å². The molecule has 0 amide bonds. The lowest BCUT2D eigenvalue weighted by Crippen LogP contribution is -2.55. The predicted octanol–water partition coefficient (Wildman–Crippen LogP) is 3.84. The van der Waals surface area contributed by atoms with Crippen molar-refractivity contribution in [3.8, 4) is 0 Å². The summed E-state index contributed by atoms with van der Waals surface area (Å²) in [5.74, 6) is 1.36. The van der Waals surface area contributed by atoms with Gasteiger partial charge in [-0.1, -0.05) is 27.2 Å². The van der Waals surface area contributed by atoms with Crippen molar-refractivity contribution in [2.75, 3.05) is 6.61 Å². The number of carbonyl (C=O) groups is 1. The van der Waals surface area contributed by atoms with Gasteiger partial charge in [-0.2, -0.15) is 0 Å². The van der Waals surface area contributed by atoms with Gasteiger partial charge in [0, 0.05) is 31.3 Å². The van der Waals surface area contributed by atoms with E-state index in [2.05, 4.69) is 20.8 Å². The van der Waals surface area contributed by atoms with Crippen LogP contribution in [0.4, 0.5) is 0 Å². The molecular formula is C19H30O4. The number of allylic oxidation sites excluding steroid dienone is 1. The molecule has 0 bridgehead atoms. The summed E-state index contributed by atoms with van der Waals surface area (Å²) < 4.78 is 18.4. The van der Waals surface area contributed by atoms with Gasteiger partial charge in [0.25, 0.3) is 0 Å². The minimum atomic E-state index is -0.427. The lowest BCUT2D eigenvalue weighted by atomic mass is 9.72. The normalized spacial score (nSPS) is 41.3. The average Bonchev–Trinajstić information content (AvgIpc) is 2.46. The first-order valence-electron chi connectivity index (χ1n) is 9.15. The monoisotopic (exact) mass is 322 g/mol. The highest BCUT2D eigenvalue weighted by Crippen LogP contribution is 2.47. The lowest BCUT2D eigenvalue weighted by molar-refractivity contribution is -0.341. The van der Waals surface area contributed by atoms with Crippen molar-refractivity contribution < 1.29 is 19.0 Å². The Hall–Kier alpha value is -0.870. The summed E-state index contributed by atoms with van der Waals surface area (Å²) in [4.78, 5) is 11.6. The first-order chi connectivity index (χ1) is 11.0. The summed E-state index contributed by atoms with van der Waals surface area (Å²) in [6.07, 6.45) is 8.67. The van der Waals surface area contributed by atoms with Crippen molar-refractivity contribution in [1.29, 1.82) is 0 Å². The van der Waals surface area contributed by atoms with Gasteiger partial charge < -0.3 is 14.2 Å². The number of ketones is 1. The fourth-order valence-electron chi connectivity index (χ4n) is 4.47. The zero-order valence-corrected chi connectivity index (χ0v) is 14.6. The topological polar surface area (TPSA) is 44.8 Å². The summed E-state index contributed by atoms with van der Waals surface area (Å²) in [6.45, 7) is 7.58. The molecule has 3 aliphatic rings. The molecule has 1 saturated carbocycles. The third-order valence-corrected chi connectivity index (χ3v) is 5.61.